The molecule has 0 aliphatic heterocycles. The Hall–Kier alpha value is -1.00. The molecule has 2 unspecified atom stereocenters. The van der Waals surface area contributed by atoms with Crippen LogP contribution in [-0.2, 0) is 4.74 Å². The average molecular weight is 244 g/mol. The van der Waals surface area contributed by atoms with E-state index in [-0.39, 0.29) is 23.3 Å². The van der Waals surface area contributed by atoms with Crippen molar-refractivity contribution in [2.45, 2.75) is 31.4 Å². The Morgan fingerprint density at radius 3 is 3.06 bits per heavy atom. The van der Waals surface area contributed by atoms with Crippen molar-refractivity contribution in [3.05, 3.63) is 23.1 Å². The Labute approximate surface area is 98.9 Å². The Balaban J connectivity index is 2.00. The quantitative estimate of drug-likeness (QED) is 0.886. The zero-order valence-electron chi connectivity index (χ0n) is 9.03. The molecule has 1 fully saturated rings. The van der Waals surface area contributed by atoms with Gasteiger partial charge in [-0.1, -0.05) is 0 Å². The highest BCUT2D eigenvalue weighted by atomic mass is 35.5. The number of rotatable bonds is 3. The SMILES string of the molecule is COC1CCCC1NC(=O)c1ccoc1Cl. The molecule has 2 atom stereocenters. The Bertz CT molecular complexity index is 377. The first-order chi connectivity index (χ1) is 7.72. The summed E-state index contributed by atoms with van der Waals surface area (Å²) < 4.78 is 10.2. The highest BCUT2D eigenvalue weighted by Crippen LogP contribution is 2.23. The van der Waals surface area contributed by atoms with Crippen LogP contribution in [0.1, 0.15) is 29.6 Å². The summed E-state index contributed by atoms with van der Waals surface area (Å²) in [5, 5.41) is 3.04. The molecule has 1 amide bonds. The highest BCUT2D eigenvalue weighted by molar-refractivity contribution is 6.32. The average Bonchev–Trinajstić information content (AvgIpc) is 2.86. The zero-order chi connectivity index (χ0) is 11.5. The van der Waals surface area contributed by atoms with Crippen LogP contribution in [0, 0.1) is 0 Å². The van der Waals surface area contributed by atoms with Crippen molar-refractivity contribution in [2.24, 2.45) is 0 Å². The Morgan fingerprint density at radius 2 is 2.44 bits per heavy atom. The van der Waals surface area contributed by atoms with Crippen LogP contribution >= 0.6 is 11.6 Å². The number of carbonyl (C=O) groups is 1. The van der Waals surface area contributed by atoms with Crippen LogP contribution in [0.5, 0.6) is 0 Å². The van der Waals surface area contributed by atoms with Crippen LogP contribution < -0.4 is 5.32 Å². The minimum Gasteiger partial charge on any atom is -0.452 e. The van der Waals surface area contributed by atoms with Crippen LogP contribution in [0.3, 0.4) is 0 Å². The van der Waals surface area contributed by atoms with Gasteiger partial charge in [0.1, 0.15) is 0 Å². The monoisotopic (exact) mass is 243 g/mol. The van der Waals surface area contributed by atoms with Crippen LogP contribution in [-0.4, -0.2) is 25.2 Å². The lowest BCUT2D eigenvalue weighted by Crippen LogP contribution is -2.40. The van der Waals surface area contributed by atoms with E-state index in [0.29, 0.717) is 5.56 Å². The first kappa shape index (κ1) is 11.5. The fourth-order valence-electron chi connectivity index (χ4n) is 2.08. The van der Waals surface area contributed by atoms with Crippen molar-refractivity contribution in [3.63, 3.8) is 0 Å². The van der Waals surface area contributed by atoms with Crippen LogP contribution in [0.25, 0.3) is 0 Å². The number of halogens is 1. The van der Waals surface area contributed by atoms with E-state index in [0.717, 1.165) is 19.3 Å². The lowest BCUT2D eigenvalue weighted by molar-refractivity contribution is 0.0722. The van der Waals surface area contributed by atoms with Gasteiger partial charge in [0.25, 0.3) is 5.91 Å². The zero-order valence-corrected chi connectivity index (χ0v) is 9.79. The number of hydrogen-bond donors (Lipinski definition) is 1. The maximum atomic E-state index is 11.8. The summed E-state index contributed by atoms with van der Waals surface area (Å²) in [4.78, 5) is 11.8. The predicted octanol–water partition coefficient (Wildman–Crippen LogP) is 2.23. The standard InChI is InChI=1S/C11H14ClNO3/c1-15-9-4-2-3-8(9)13-11(14)7-5-6-16-10(7)12/h5-6,8-9H,2-4H2,1H3,(H,13,14). The third kappa shape index (κ3) is 2.23. The van der Waals surface area contributed by atoms with E-state index in [9.17, 15) is 4.79 Å². The fraction of sp³-hybridized carbons (Fsp3) is 0.545. The van der Waals surface area contributed by atoms with Crippen molar-refractivity contribution in [1.29, 1.82) is 0 Å². The maximum Gasteiger partial charge on any atom is 0.256 e. The minimum absolute atomic E-state index is 0.0727. The van der Waals surface area contributed by atoms with E-state index in [1.165, 1.54) is 6.26 Å². The summed E-state index contributed by atoms with van der Waals surface area (Å²) in [5.41, 5.74) is 0.378. The molecule has 88 valence electrons. The predicted molar refractivity (Wildman–Crippen MR) is 59.6 cm³/mol. The van der Waals surface area contributed by atoms with Crippen molar-refractivity contribution in [2.75, 3.05) is 7.11 Å². The first-order valence-corrected chi connectivity index (χ1v) is 5.67. The second kappa shape index (κ2) is 4.89. The van der Waals surface area contributed by atoms with Gasteiger partial charge in [0.2, 0.25) is 5.22 Å². The molecule has 0 spiro atoms. The van der Waals surface area contributed by atoms with Gasteiger partial charge in [-0.25, -0.2) is 0 Å². The third-order valence-corrected chi connectivity index (χ3v) is 3.23. The molecule has 0 saturated heterocycles. The minimum atomic E-state index is -0.201. The summed E-state index contributed by atoms with van der Waals surface area (Å²) >= 11 is 5.73. The molecule has 1 aromatic heterocycles. The molecule has 0 bridgehead atoms. The lowest BCUT2D eigenvalue weighted by atomic mass is 10.2. The Morgan fingerprint density at radius 1 is 1.62 bits per heavy atom. The van der Waals surface area contributed by atoms with Crippen molar-refractivity contribution < 1.29 is 13.9 Å². The summed E-state index contributed by atoms with van der Waals surface area (Å²) in [6, 6.07) is 1.64. The molecule has 1 N–H and O–H groups in total. The smallest absolute Gasteiger partial charge is 0.256 e. The van der Waals surface area contributed by atoms with Gasteiger partial charge >= 0.3 is 0 Å². The van der Waals surface area contributed by atoms with E-state index in [2.05, 4.69) is 5.32 Å². The number of methoxy groups -OCH3 is 1. The van der Waals surface area contributed by atoms with Crippen LogP contribution in [0.15, 0.2) is 16.7 Å². The second-order valence-electron chi connectivity index (χ2n) is 3.89. The molecule has 1 saturated carbocycles. The van der Waals surface area contributed by atoms with E-state index in [4.69, 9.17) is 20.8 Å². The number of nitrogens with one attached hydrogen (secondary N) is 1. The van der Waals surface area contributed by atoms with E-state index < -0.39 is 0 Å². The van der Waals surface area contributed by atoms with Gasteiger partial charge in [-0.15, -0.1) is 0 Å². The van der Waals surface area contributed by atoms with E-state index >= 15 is 0 Å². The molecular formula is C11H14ClNO3. The van der Waals surface area contributed by atoms with Crippen molar-refractivity contribution >= 4 is 17.5 Å². The van der Waals surface area contributed by atoms with Gasteiger partial charge < -0.3 is 14.5 Å². The molecule has 2 rings (SSSR count). The third-order valence-electron chi connectivity index (χ3n) is 2.93. The van der Waals surface area contributed by atoms with Gasteiger partial charge in [0, 0.05) is 7.11 Å². The number of hydrogen-bond acceptors (Lipinski definition) is 3. The van der Waals surface area contributed by atoms with Gasteiger partial charge in [0.05, 0.1) is 24.0 Å². The van der Waals surface area contributed by atoms with E-state index in [1.54, 1.807) is 13.2 Å². The van der Waals surface area contributed by atoms with Gasteiger partial charge in [-0.05, 0) is 36.9 Å². The van der Waals surface area contributed by atoms with Crippen molar-refractivity contribution in [1.82, 2.24) is 5.32 Å². The van der Waals surface area contributed by atoms with Gasteiger partial charge in [0.15, 0.2) is 0 Å². The number of amides is 1. The molecule has 5 heteroatoms. The first-order valence-electron chi connectivity index (χ1n) is 5.29. The molecule has 1 aliphatic carbocycles. The molecule has 1 aromatic rings. The second-order valence-corrected chi connectivity index (χ2v) is 4.24. The number of furan rings is 1. The van der Waals surface area contributed by atoms with Crippen LogP contribution in [0.4, 0.5) is 0 Å². The Kier molecular flexibility index (Phi) is 3.51. The molecule has 1 heterocycles. The highest BCUT2D eigenvalue weighted by Gasteiger charge is 2.29. The normalized spacial score (nSPS) is 24.6. The molecule has 16 heavy (non-hydrogen) atoms. The van der Waals surface area contributed by atoms with E-state index in [1.807, 2.05) is 0 Å². The molecule has 4 nitrogen and oxygen atoms in total. The fourth-order valence-corrected chi connectivity index (χ4v) is 2.28. The maximum absolute atomic E-state index is 11.8. The van der Waals surface area contributed by atoms with Gasteiger partial charge in [-0.3, -0.25) is 4.79 Å². The van der Waals surface area contributed by atoms with Crippen molar-refractivity contribution in [3.8, 4) is 0 Å². The molecule has 0 aromatic carbocycles. The largest absolute Gasteiger partial charge is 0.452 e. The van der Waals surface area contributed by atoms with Crippen LogP contribution in [0.2, 0.25) is 5.22 Å². The number of ether oxygens (including phenoxy) is 1. The summed E-state index contributed by atoms with van der Waals surface area (Å²) in [7, 11) is 1.67. The number of carbonyl (C=O) groups excluding carboxylic acids is 1. The summed E-state index contributed by atoms with van der Waals surface area (Å²) in [5.74, 6) is -0.201. The topological polar surface area (TPSA) is 51.5 Å². The molecule has 0 radical (unpaired) electrons. The summed E-state index contributed by atoms with van der Waals surface area (Å²) in [6.07, 6.45) is 4.51. The summed E-state index contributed by atoms with van der Waals surface area (Å²) in [6.45, 7) is 0. The molecule has 1 aliphatic rings. The van der Waals surface area contributed by atoms with Gasteiger partial charge in [-0.2, -0.15) is 0 Å². The molecular weight excluding hydrogens is 230 g/mol. The lowest BCUT2D eigenvalue weighted by Gasteiger charge is -2.19.